The van der Waals surface area contributed by atoms with Gasteiger partial charge in [0.05, 0.1) is 11.6 Å². The summed E-state index contributed by atoms with van der Waals surface area (Å²) >= 11 is 0. The topological polar surface area (TPSA) is 23.8 Å². The largest absolute Gasteiger partial charge is 0.206 e. The summed E-state index contributed by atoms with van der Waals surface area (Å²) < 4.78 is 14.4. The van der Waals surface area contributed by atoms with Crippen molar-refractivity contribution < 1.29 is 4.39 Å². The SMILES string of the molecule is CCCC1CCC(c2cc(F)c3cc(C#N)ccc3c2)CC1. The number of nitriles is 1. The summed E-state index contributed by atoms with van der Waals surface area (Å²) in [5, 5.41) is 10.4. The van der Waals surface area contributed by atoms with Crippen molar-refractivity contribution in [2.24, 2.45) is 5.92 Å². The molecule has 114 valence electrons. The average Bonchev–Trinajstić information content (AvgIpc) is 2.55. The van der Waals surface area contributed by atoms with E-state index in [-0.39, 0.29) is 5.82 Å². The third kappa shape index (κ3) is 2.99. The van der Waals surface area contributed by atoms with Gasteiger partial charge in [-0.2, -0.15) is 5.26 Å². The van der Waals surface area contributed by atoms with Gasteiger partial charge in [0, 0.05) is 5.39 Å². The van der Waals surface area contributed by atoms with Crippen LogP contribution in [0.3, 0.4) is 0 Å². The minimum Gasteiger partial charge on any atom is -0.206 e. The summed E-state index contributed by atoms with van der Waals surface area (Å²) in [6.45, 7) is 2.25. The molecular weight excluding hydrogens is 273 g/mol. The molecule has 0 saturated heterocycles. The molecule has 1 saturated carbocycles. The van der Waals surface area contributed by atoms with Crippen LogP contribution in [0, 0.1) is 23.1 Å². The Kier molecular flexibility index (Phi) is 4.43. The zero-order chi connectivity index (χ0) is 15.5. The molecule has 1 aliphatic rings. The summed E-state index contributed by atoms with van der Waals surface area (Å²) in [5.74, 6) is 1.16. The lowest BCUT2D eigenvalue weighted by Gasteiger charge is -2.28. The van der Waals surface area contributed by atoms with E-state index < -0.39 is 0 Å². The average molecular weight is 295 g/mol. The molecule has 2 heteroatoms. The van der Waals surface area contributed by atoms with Gasteiger partial charge in [-0.05, 0) is 66.7 Å². The molecule has 0 heterocycles. The lowest BCUT2D eigenvalue weighted by Crippen LogP contribution is -2.13. The van der Waals surface area contributed by atoms with Crippen LogP contribution in [0.1, 0.15) is 62.5 Å². The lowest BCUT2D eigenvalue weighted by molar-refractivity contribution is 0.308. The van der Waals surface area contributed by atoms with Gasteiger partial charge in [0.25, 0.3) is 0 Å². The molecule has 0 unspecified atom stereocenters. The normalized spacial score (nSPS) is 21.7. The van der Waals surface area contributed by atoms with Crippen molar-refractivity contribution in [3.63, 3.8) is 0 Å². The predicted molar refractivity (Wildman–Crippen MR) is 88.2 cm³/mol. The van der Waals surface area contributed by atoms with Crippen molar-refractivity contribution in [3.05, 3.63) is 47.3 Å². The molecule has 3 rings (SSSR count). The first-order valence-electron chi connectivity index (χ1n) is 8.34. The van der Waals surface area contributed by atoms with E-state index in [0.717, 1.165) is 16.9 Å². The molecule has 1 aliphatic carbocycles. The van der Waals surface area contributed by atoms with Crippen LogP contribution in [-0.4, -0.2) is 0 Å². The number of benzene rings is 2. The first-order chi connectivity index (χ1) is 10.7. The Balaban J connectivity index is 1.85. The Labute approximate surface area is 131 Å². The van der Waals surface area contributed by atoms with Crippen molar-refractivity contribution in [2.45, 2.75) is 51.4 Å². The fraction of sp³-hybridized carbons (Fsp3) is 0.450. The van der Waals surface area contributed by atoms with Crippen LogP contribution in [0.15, 0.2) is 30.3 Å². The molecule has 2 aromatic rings. The van der Waals surface area contributed by atoms with Gasteiger partial charge in [-0.3, -0.25) is 0 Å². The first kappa shape index (κ1) is 15.0. The van der Waals surface area contributed by atoms with Crippen LogP contribution in [-0.2, 0) is 0 Å². The van der Waals surface area contributed by atoms with E-state index >= 15 is 0 Å². The molecule has 2 aromatic carbocycles. The molecule has 0 radical (unpaired) electrons. The highest BCUT2D eigenvalue weighted by Crippen LogP contribution is 2.38. The molecule has 0 atom stereocenters. The van der Waals surface area contributed by atoms with Crippen molar-refractivity contribution in [2.75, 3.05) is 0 Å². The maximum absolute atomic E-state index is 14.4. The molecule has 0 amide bonds. The zero-order valence-electron chi connectivity index (χ0n) is 13.1. The summed E-state index contributed by atoms with van der Waals surface area (Å²) in [4.78, 5) is 0. The van der Waals surface area contributed by atoms with Crippen LogP contribution < -0.4 is 0 Å². The number of hydrogen-bond acceptors (Lipinski definition) is 1. The molecule has 22 heavy (non-hydrogen) atoms. The van der Waals surface area contributed by atoms with Gasteiger partial charge < -0.3 is 0 Å². The van der Waals surface area contributed by atoms with Crippen LogP contribution >= 0.6 is 0 Å². The summed E-state index contributed by atoms with van der Waals surface area (Å²) in [5.41, 5.74) is 1.64. The Morgan fingerprint density at radius 1 is 1.14 bits per heavy atom. The van der Waals surface area contributed by atoms with Crippen LogP contribution in [0.25, 0.3) is 10.8 Å². The van der Waals surface area contributed by atoms with Gasteiger partial charge >= 0.3 is 0 Å². The van der Waals surface area contributed by atoms with E-state index in [1.807, 2.05) is 6.07 Å². The lowest BCUT2D eigenvalue weighted by atomic mass is 9.77. The van der Waals surface area contributed by atoms with Gasteiger partial charge in [-0.25, -0.2) is 4.39 Å². The number of fused-ring (bicyclic) bond motifs is 1. The maximum atomic E-state index is 14.4. The van der Waals surface area contributed by atoms with E-state index in [4.69, 9.17) is 5.26 Å². The van der Waals surface area contributed by atoms with Crippen molar-refractivity contribution >= 4 is 10.8 Å². The van der Waals surface area contributed by atoms with E-state index in [0.29, 0.717) is 16.9 Å². The first-order valence-corrected chi connectivity index (χ1v) is 8.34. The van der Waals surface area contributed by atoms with Crippen molar-refractivity contribution in [1.82, 2.24) is 0 Å². The standard InChI is InChI=1S/C20H22FN/c1-2-3-14-4-7-16(8-5-14)18-11-17-9-6-15(13-22)10-19(17)20(21)12-18/h6,9-12,14,16H,2-5,7-8H2,1H3. The number of rotatable bonds is 3. The van der Waals surface area contributed by atoms with Crippen LogP contribution in [0.4, 0.5) is 4.39 Å². The molecule has 0 bridgehead atoms. The summed E-state index contributed by atoms with van der Waals surface area (Å²) in [6, 6.07) is 11.2. The summed E-state index contributed by atoms with van der Waals surface area (Å²) in [7, 11) is 0. The van der Waals surface area contributed by atoms with Gasteiger partial charge in [0.15, 0.2) is 0 Å². The third-order valence-corrected chi connectivity index (χ3v) is 5.07. The molecular formula is C20H22FN. The van der Waals surface area contributed by atoms with Crippen LogP contribution in [0.2, 0.25) is 0 Å². The molecule has 1 fully saturated rings. The minimum atomic E-state index is -0.194. The number of halogens is 1. The minimum absolute atomic E-state index is 0.194. The predicted octanol–water partition coefficient (Wildman–Crippen LogP) is 5.92. The zero-order valence-corrected chi connectivity index (χ0v) is 13.1. The van der Waals surface area contributed by atoms with E-state index in [9.17, 15) is 4.39 Å². The van der Waals surface area contributed by atoms with Crippen molar-refractivity contribution in [3.8, 4) is 6.07 Å². The van der Waals surface area contributed by atoms with E-state index in [1.165, 1.54) is 38.5 Å². The van der Waals surface area contributed by atoms with Gasteiger partial charge in [-0.15, -0.1) is 0 Å². The van der Waals surface area contributed by atoms with Gasteiger partial charge in [0.2, 0.25) is 0 Å². The van der Waals surface area contributed by atoms with E-state index in [1.54, 1.807) is 18.2 Å². The number of hydrogen-bond donors (Lipinski definition) is 0. The smallest absolute Gasteiger partial charge is 0.131 e. The molecule has 0 aliphatic heterocycles. The Bertz CT molecular complexity index is 705. The molecule has 0 spiro atoms. The van der Waals surface area contributed by atoms with E-state index in [2.05, 4.69) is 19.1 Å². The number of nitrogens with zero attached hydrogens (tertiary/aromatic N) is 1. The highest BCUT2D eigenvalue weighted by molar-refractivity contribution is 5.85. The molecule has 0 aromatic heterocycles. The fourth-order valence-electron chi connectivity index (χ4n) is 3.83. The second kappa shape index (κ2) is 6.48. The van der Waals surface area contributed by atoms with Gasteiger partial charge in [-0.1, -0.05) is 31.9 Å². The highest BCUT2D eigenvalue weighted by Gasteiger charge is 2.22. The second-order valence-electron chi connectivity index (χ2n) is 6.56. The van der Waals surface area contributed by atoms with Crippen molar-refractivity contribution in [1.29, 1.82) is 5.26 Å². The quantitative estimate of drug-likeness (QED) is 0.689. The molecule has 1 nitrogen and oxygen atoms in total. The Morgan fingerprint density at radius 2 is 1.91 bits per heavy atom. The monoisotopic (exact) mass is 295 g/mol. The summed E-state index contributed by atoms with van der Waals surface area (Å²) in [6.07, 6.45) is 7.48. The fourth-order valence-corrected chi connectivity index (χ4v) is 3.83. The highest BCUT2D eigenvalue weighted by atomic mass is 19.1. The second-order valence-corrected chi connectivity index (χ2v) is 6.56. The maximum Gasteiger partial charge on any atom is 0.131 e. The Hall–Kier alpha value is -1.88. The Morgan fingerprint density at radius 3 is 2.59 bits per heavy atom. The third-order valence-electron chi connectivity index (χ3n) is 5.07. The van der Waals surface area contributed by atoms with Crippen LogP contribution in [0.5, 0.6) is 0 Å². The van der Waals surface area contributed by atoms with Gasteiger partial charge in [0.1, 0.15) is 5.82 Å². The molecule has 0 N–H and O–H groups in total.